The number of halogens is 2. The quantitative estimate of drug-likeness (QED) is 0.523. The minimum atomic E-state index is 0.0877. The van der Waals surface area contributed by atoms with E-state index in [-0.39, 0.29) is 12.5 Å². The van der Waals surface area contributed by atoms with Crippen molar-refractivity contribution >= 4 is 56.8 Å². The zero-order chi connectivity index (χ0) is 19.0. The molecule has 1 fully saturated rings. The van der Waals surface area contributed by atoms with E-state index in [4.69, 9.17) is 11.6 Å². The number of hydrogen-bond donors (Lipinski definition) is 0. The van der Waals surface area contributed by atoms with E-state index in [9.17, 15) is 4.79 Å². The summed E-state index contributed by atoms with van der Waals surface area (Å²) in [5.41, 5.74) is 2.90. The smallest absolute Gasteiger partial charge is 0.244 e. The summed E-state index contributed by atoms with van der Waals surface area (Å²) in [4.78, 5) is 21.1. The van der Waals surface area contributed by atoms with Crippen LogP contribution in [0.4, 0.5) is 5.69 Å². The molecule has 0 bridgehead atoms. The molecular weight excluding hydrogens is 477 g/mol. The van der Waals surface area contributed by atoms with Gasteiger partial charge in [-0.25, -0.2) is 4.98 Å². The molecule has 1 aliphatic rings. The number of carbonyl (C=O) groups is 1. The lowest BCUT2D eigenvalue weighted by molar-refractivity contribution is -0.132. The van der Waals surface area contributed by atoms with Crippen molar-refractivity contribution in [3.63, 3.8) is 0 Å². The van der Waals surface area contributed by atoms with Crippen LogP contribution in [0.5, 0.6) is 0 Å². The van der Waals surface area contributed by atoms with Gasteiger partial charge in [0.1, 0.15) is 6.54 Å². The van der Waals surface area contributed by atoms with E-state index in [0.717, 1.165) is 38.3 Å². The number of hydrogen-bond acceptors (Lipinski definition) is 4. The lowest BCUT2D eigenvalue weighted by atomic mass is 10.2. The maximum Gasteiger partial charge on any atom is 0.244 e. The predicted octanol–water partition coefficient (Wildman–Crippen LogP) is 3.35. The van der Waals surface area contributed by atoms with Gasteiger partial charge in [-0.1, -0.05) is 11.6 Å². The fourth-order valence-electron chi connectivity index (χ4n) is 3.30. The van der Waals surface area contributed by atoms with Crippen molar-refractivity contribution in [3.8, 4) is 0 Å². The summed E-state index contributed by atoms with van der Waals surface area (Å²) in [5, 5.41) is 6.18. The standard InChI is InChI=1S/C19H19ClIN5O/c1-13-10-14(2-3-16(13)20)24-6-8-25(9-7-24)18(27)12-26-11-15-17(21)4-5-22-19(15)23-26/h2-5,10-11H,6-9,12H2,1H3. The Labute approximate surface area is 176 Å². The highest BCUT2D eigenvalue weighted by Crippen LogP contribution is 2.23. The van der Waals surface area contributed by atoms with Gasteiger partial charge in [0.15, 0.2) is 5.65 Å². The van der Waals surface area contributed by atoms with Crippen LogP contribution < -0.4 is 4.90 Å². The van der Waals surface area contributed by atoms with Crippen LogP contribution in [-0.4, -0.2) is 51.8 Å². The van der Waals surface area contributed by atoms with Gasteiger partial charge in [-0.05, 0) is 59.3 Å². The molecule has 27 heavy (non-hydrogen) atoms. The maximum atomic E-state index is 12.7. The third kappa shape index (κ3) is 3.89. The molecule has 1 saturated heterocycles. The van der Waals surface area contributed by atoms with Crippen LogP contribution in [0, 0.1) is 10.5 Å². The van der Waals surface area contributed by atoms with Gasteiger partial charge in [-0.15, -0.1) is 0 Å². The molecule has 3 heterocycles. The van der Waals surface area contributed by atoms with Gasteiger partial charge < -0.3 is 9.80 Å². The number of benzene rings is 1. The lowest BCUT2D eigenvalue weighted by Crippen LogP contribution is -2.49. The summed E-state index contributed by atoms with van der Waals surface area (Å²) >= 11 is 8.37. The molecule has 0 spiro atoms. The summed E-state index contributed by atoms with van der Waals surface area (Å²) in [6.45, 7) is 5.29. The van der Waals surface area contributed by atoms with E-state index in [1.54, 1.807) is 10.9 Å². The molecule has 0 saturated carbocycles. The molecule has 0 unspecified atom stereocenters. The SMILES string of the molecule is Cc1cc(N2CCN(C(=O)Cn3cc4c(I)ccnc4n3)CC2)ccc1Cl. The van der Waals surface area contributed by atoms with Gasteiger partial charge in [0.2, 0.25) is 5.91 Å². The number of aromatic nitrogens is 3. The number of rotatable bonds is 3. The first-order chi connectivity index (χ1) is 13.0. The molecule has 6 nitrogen and oxygen atoms in total. The van der Waals surface area contributed by atoms with Crippen molar-refractivity contribution in [2.24, 2.45) is 0 Å². The van der Waals surface area contributed by atoms with E-state index < -0.39 is 0 Å². The predicted molar refractivity (Wildman–Crippen MR) is 115 cm³/mol. The third-order valence-corrected chi connectivity index (χ3v) is 6.22. The fourth-order valence-corrected chi connectivity index (χ4v) is 3.96. The number of fused-ring (bicyclic) bond motifs is 1. The van der Waals surface area contributed by atoms with Gasteiger partial charge in [0.25, 0.3) is 0 Å². The topological polar surface area (TPSA) is 54.3 Å². The van der Waals surface area contributed by atoms with Crippen molar-refractivity contribution in [2.45, 2.75) is 13.5 Å². The molecule has 1 amide bonds. The number of pyridine rings is 1. The summed E-state index contributed by atoms with van der Waals surface area (Å²) in [6, 6.07) is 8.01. The Kier molecular flexibility index (Phi) is 5.23. The first-order valence-corrected chi connectivity index (χ1v) is 10.2. The molecule has 140 valence electrons. The normalized spacial score (nSPS) is 14.8. The van der Waals surface area contributed by atoms with Crippen LogP contribution in [-0.2, 0) is 11.3 Å². The molecule has 1 aromatic carbocycles. The van der Waals surface area contributed by atoms with Crippen molar-refractivity contribution in [2.75, 3.05) is 31.1 Å². The summed E-state index contributed by atoms with van der Waals surface area (Å²) < 4.78 is 2.78. The van der Waals surface area contributed by atoms with Gasteiger partial charge in [0.05, 0.1) is 5.39 Å². The van der Waals surface area contributed by atoms with Crippen LogP contribution in [0.3, 0.4) is 0 Å². The molecule has 0 atom stereocenters. The Morgan fingerprint density at radius 2 is 2.00 bits per heavy atom. The Morgan fingerprint density at radius 3 is 2.70 bits per heavy atom. The van der Waals surface area contributed by atoms with E-state index in [2.05, 4.69) is 43.6 Å². The molecule has 1 aliphatic heterocycles. The number of anilines is 1. The van der Waals surface area contributed by atoms with Gasteiger partial charge in [-0.2, -0.15) is 5.10 Å². The molecule has 0 radical (unpaired) electrons. The Hall–Kier alpha value is -1.87. The minimum absolute atomic E-state index is 0.0877. The Morgan fingerprint density at radius 1 is 1.22 bits per heavy atom. The van der Waals surface area contributed by atoms with Crippen LogP contribution in [0.15, 0.2) is 36.7 Å². The first-order valence-electron chi connectivity index (χ1n) is 8.78. The largest absolute Gasteiger partial charge is 0.368 e. The lowest BCUT2D eigenvalue weighted by Gasteiger charge is -2.36. The molecule has 8 heteroatoms. The van der Waals surface area contributed by atoms with Crippen molar-refractivity contribution in [1.29, 1.82) is 0 Å². The summed E-state index contributed by atoms with van der Waals surface area (Å²) in [7, 11) is 0. The monoisotopic (exact) mass is 495 g/mol. The van der Waals surface area contributed by atoms with Gasteiger partial charge in [-0.3, -0.25) is 9.48 Å². The Bertz CT molecular complexity index is 997. The second-order valence-electron chi connectivity index (χ2n) is 6.66. The van der Waals surface area contributed by atoms with E-state index in [1.807, 2.05) is 36.2 Å². The van der Waals surface area contributed by atoms with E-state index in [1.165, 1.54) is 0 Å². The van der Waals surface area contributed by atoms with Crippen molar-refractivity contribution in [1.82, 2.24) is 19.7 Å². The molecule has 4 rings (SSSR count). The average Bonchev–Trinajstić information content (AvgIpc) is 3.08. The Balaban J connectivity index is 1.39. The molecule has 0 aliphatic carbocycles. The van der Waals surface area contributed by atoms with Gasteiger partial charge >= 0.3 is 0 Å². The molecule has 0 N–H and O–H groups in total. The third-order valence-electron chi connectivity index (χ3n) is 4.85. The fraction of sp³-hybridized carbons (Fsp3) is 0.316. The van der Waals surface area contributed by atoms with Crippen molar-refractivity contribution in [3.05, 3.63) is 50.8 Å². The van der Waals surface area contributed by atoms with E-state index in [0.29, 0.717) is 18.7 Å². The van der Waals surface area contributed by atoms with Crippen LogP contribution in [0.25, 0.3) is 11.0 Å². The average molecular weight is 496 g/mol. The summed E-state index contributed by atoms with van der Waals surface area (Å²) in [6.07, 6.45) is 3.63. The van der Waals surface area contributed by atoms with Crippen molar-refractivity contribution < 1.29 is 4.79 Å². The summed E-state index contributed by atoms with van der Waals surface area (Å²) in [5.74, 6) is 0.0877. The number of aryl methyl sites for hydroxylation is 1. The zero-order valence-corrected chi connectivity index (χ0v) is 17.8. The highest BCUT2D eigenvalue weighted by Gasteiger charge is 2.22. The van der Waals surface area contributed by atoms with Crippen LogP contribution >= 0.6 is 34.2 Å². The highest BCUT2D eigenvalue weighted by molar-refractivity contribution is 14.1. The second kappa shape index (κ2) is 7.63. The first kappa shape index (κ1) is 18.5. The van der Waals surface area contributed by atoms with Crippen LogP contribution in [0.1, 0.15) is 5.56 Å². The number of amides is 1. The van der Waals surface area contributed by atoms with E-state index >= 15 is 0 Å². The molecule has 3 aromatic rings. The number of piperazine rings is 1. The molecule has 2 aromatic heterocycles. The second-order valence-corrected chi connectivity index (χ2v) is 8.23. The number of carbonyl (C=O) groups excluding carboxylic acids is 1. The van der Waals surface area contributed by atoms with Gasteiger partial charge in [0, 0.05) is 52.9 Å². The minimum Gasteiger partial charge on any atom is -0.368 e. The zero-order valence-electron chi connectivity index (χ0n) is 14.9. The number of nitrogens with zero attached hydrogens (tertiary/aromatic N) is 5. The highest BCUT2D eigenvalue weighted by atomic mass is 127. The maximum absolute atomic E-state index is 12.7. The van der Waals surface area contributed by atoms with Crippen LogP contribution in [0.2, 0.25) is 5.02 Å². The molecular formula is C19H19ClIN5O.